The van der Waals surface area contributed by atoms with Crippen LogP contribution in [0.1, 0.15) is 44.9 Å². The number of rotatable bonds is 0. The van der Waals surface area contributed by atoms with Gasteiger partial charge in [0.25, 0.3) is 0 Å². The Kier molecular flexibility index (Phi) is 1.90. The van der Waals surface area contributed by atoms with Gasteiger partial charge in [0.05, 0.1) is 6.10 Å². The van der Waals surface area contributed by atoms with E-state index in [1.165, 1.54) is 38.5 Å². The van der Waals surface area contributed by atoms with Gasteiger partial charge in [-0.25, -0.2) is 0 Å². The Morgan fingerprint density at radius 1 is 0.769 bits per heavy atom. The average Bonchev–Trinajstić information content (AvgIpc) is 2.66. The van der Waals surface area contributed by atoms with Crippen LogP contribution in [0.15, 0.2) is 0 Å². The third kappa shape index (κ3) is 1.16. The lowest BCUT2D eigenvalue weighted by Crippen LogP contribution is -2.38. The molecule has 0 heterocycles. The van der Waals surface area contributed by atoms with Crippen molar-refractivity contribution in [3.05, 3.63) is 0 Å². The molecule has 5 atom stereocenters. The molecule has 3 rings (SSSR count). The summed E-state index contributed by atoms with van der Waals surface area (Å²) in [5.41, 5.74) is 0. The first kappa shape index (κ1) is 8.28. The van der Waals surface area contributed by atoms with Gasteiger partial charge in [-0.15, -0.1) is 0 Å². The topological polar surface area (TPSA) is 20.2 Å². The Hall–Kier alpha value is -0.0400. The van der Waals surface area contributed by atoms with E-state index in [0.29, 0.717) is 5.92 Å². The molecule has 1 nitrogen and oxygen atoms in total. The van der Waals surface area contributed by atoms with Crippen LogP contribution in [0.25, 0.3) is 0 Å². The normalized spacial score (nSPS) is 54.7. The van der Waals surface area contributed by atoms with E-state index >= 15 is 0 Å². The van der Waals surface area contributed by atoms with Crippen molar-refractivity contribution in [2.24, 2.45) is 23.7 Å². The minimum atomic E-state index is 0.0619. The monoisotopic (exact) mass is 180 g/mol. The highest BCUT2D eigenvalue weighted by Gasteiger charge is 2.47. The van der Waals surface area contributed by atoms with Crippen molar-refractivity contribution in [2.45, 2.75) is 51.0 Å². The van der Waals surface area contributed by atoms with E-state index in [2.05, 4.69) is 0 Å². The molecule has 0 aliphatic heterocycles. The van der Waals surface area contributed by atoms with E-state index in [4.69, 9.17) is 0 Å². The third-order valence-electron chi connectivity index (χ3n) is 4.93. The van der Waals surface area contributed by atoms with Crippen molar-refractivity contribution >= 4 is 0 Å². The first-order valence-electron chi connectivity index (χ1n) is 6.04. The molecule has 3 aliphatic rings. The molecule has 13 heavy (non-hydrogen) atoms. The number of hydrogen-bond donors (Lipinski definition) is 1. The van der Waals surface area contributed by atoms with Crippen molar-refractivity contribution in [3.8, 4) is 0 Å². The van der Waals surface area contributed by atoms with Crippen LogP contribution in [0, 0.1) is 23.7 Å². The van der Waals surface area contributed by atoms with Gasteiger partial charge in [0.15, 0.2) is 0 Å². The Balaban J connectivity index is 1.84. The maximum Gasteiger partial charge on any atom is 0.0573 e. The molecule has 0 aromatic rings. The first-order chi connectivity index (χ1) is 6.36. The minimum Gasteiger partial charge on any atom is -0.393 e. The summed E-state index contributed by atoms with van der Waals surface area (Å²) in [4.78, 5) is 0. The molecule has 74 valence electrons. The van der Waals surface area contributed by atoms with E-state index in [9.17, 15) is 5.11 Å². The van der Waals surface area contributed by atoms with E-state index in [1.54, 1.807) is 0 Å². The van der Waals surface area contributed by atoms with Crippen LogP contribution < -0.4 is 0 Å². The Labute approximate surface area is 80.5 Å². The van der Waals surface area contributed by atoms with Gasteiger partial charge in [0.1, 0.15) is 0 Å². The quantitative estimate of drug-likeness (QED) is 0.607. The molecule has 3 aliphatic carbocycles. The molecule has 0 amide bonds. The third-order valence-corrected chi connectivity index (χ3v) is 4.93. The second-order valence-corrected chi connectivity index (χ2v) is 5.42. The lowest BCUT2D eigenvalue weighted by atomic mass is 9.68. The van der Waals surface area contributed by atoms with Gasteiger partial charge in [-0.3, -0.25) is 0 Å². The maximum atomic E-state index is 10.0. The fraction of sp³-hybridized carbons (Fsp3) is 1.00. The summed E-state index contributed by atoms with van der Waals surface area (Å²) in [5.74, 6) is 3.51. The highest BCUT2D eigenvalue weighted by Crippen LogP contribution is 2.53. The van der Waals surface area contributed by atoms with Gasteiger partial charge in [-0.1, -0.05) is 19.3 Å². The molecule has 0 radical (unpaired) electrons. The molecule has 0 bridgehead atoms. The zero-order valence-corrected chi connectivity index (χ0v) is 8.28. The fourth-order valence-electron chi connectivity index (χ4n) is 4.43. The molecule has 0 spiro atoms. The van der Waals surface area contributed by atoms with Crippen LogP contribution in [-0.4, -0.2) is 11.2 Å². The lowest BCUT2D eigenvalue weighted by molar-refractivity contribution is -0.00595. The molecule has 0 aromatic carbocycles. The van der Waals surface area contributed by atoms with E-state index in [-0.39, 0.29) is 6.10 Å². The van der Waals surface area contributed by atoms with E-state index in [1.807, 2.05) is 0 Å². The SMILES string of the molecule is O[C@@H]1C[C@@H]2CCC[C@H]2[C@H]2CCC[C@H]21. The maximum absolute atomic E-state index is 10.0. The molecule has 1 heteroatoms. The summed E-state index contributed by atoms with van der Waals surface area (Å²) in [6.45, 7) is 0. The largest absolute Gasteiger partial charge is 0.393 e. The Morgan fingerprint density at radius 2 is 1.46 bits per heavy atom. The second kappa shape index (κ2) is 2.98. The van der Waals surface area contributed by atoms with E-state index < -0.39 is 0 Å². The molecule has 0 unspecified atom stereocenters. The highest BCUT2D eigenvalue weighted by molar-refractivity contribution is 4.97. The summed E-state index contributed by atoms with van der Waals surface area (Å²) in [6.07, 6.45) is 9.63. The van der Waals surface area contributed by atoms with Crippen molar-refractivity contribution in [2.75, 3.05) is 0 Å². The van der Waals surface area contributed by atoms with Gasteiger partial charge in [-0.2, -0.15) is 0 Å². The minimum absolute atomic E-state index is 0.0619. The predicted octanol–water partition coefficient (Wildman–Crippen LogP) is 2.58. The van der Waals surface area contributed by atoms with Crippen LogP contribution >= 0.6 is 0 Å². The molecular formula is C12H20O. The lowest BCUT2D eigenvalue weighted by Gasteiger charge is -2.39. The van der Waals surface area contributed by atoms with Crippen molar-refractivity contribution < 1.29 is 5.11 Å². The predicted molar refractivity (Wildman–Crippen MR) is 52.3 cm³/mol. The Morgan fingerprint density at radius 3 is 2.38 bits per heavy atom. The van der Waals surface area contributed by atoms with Crippen molar-refractivity contribution in [3.63, 3.8) is 0 Å². The summed E-state index contributed by atoms with van der Waals surface area (Å²) in [7, 11) is 0. The fourth-order valence-corrected chi connectivity index (χ4v) is 4.43. The van der Waals surface area contributed by atoms with Crippen LogP contribution in [0.3, 0.4) is 0 Å². The molecule has 3 fully saturated rings. The average molecular weight is 180 g/mol. The van der Waals surface area contributed by atoms with Crippen LogP contribution in [-0.2, 0) is 0 Å². The van der Waals surface area contributed by atoms with Gasteiger partial charge in [0.2, 0.25) is 0 Å². The first-order valence-corrected chi connectivity index (χ1v) is 6.04. The summed E-state index contributed by atoms with van der Waals surface area (Å²) in [6, 6.07) is 0. The number of aliphatic hydroxyl groups is 1. The summed E-state index contributed by atoms with van der Waals surface area (Å²) >= 11 is 0. The van der Waals surface area contributed by atoms with Crippen LogP contribution in [0.2, 0.25) is 0 Å². The standard InChI is InChI=1S/C12H20O/c13-12-7-8-3-1-4-9(8)10-5-2-6-11(10)12/h8-13H,1-7H2/t8-,9+,10+,11+,12+/m0/s1. The zero-order valence-electron chi connectivity index (χ0n) is 8.28. The molecular weight excluding hydrogens is 160 g/mol. The van der Waals surface area contributed by atoms with Crippen LogP contribution in [0.4, 0.5) is 0 Å². The molecule has 3 saturated carbocycles. The summed E-state index contributed by atoms with van der Waals surface area (Å²) in [5, 5.41) is 10.0. The number of aliphatic hydroxyl groups excluding tert-OH is 1. The van der Waals surface area contributed by atoms with Crippen LogP contribution in [0.5, 0.6) is 0 Å². The number of hydrogen-bond acceptors (Lipinski definition) is 1. The highest BCUT2D eigenvalue weighted by atomic mass is 16.3. The van der Waals surface area contributed by atoms with Gasteiger partial charge < -0.3 is 5.11 Å². The van der Waals surface area contributed by atoms with Gasteiger partial charge in [-0.05, 0) is 49.4 Å². The van der Waals surface area contributed by atoms with Crippen molar-refractivity contribution in [1.29, 1.82) is 0 Å². The summed E-state index contributed by atoms with van der Waals surface area (Å²) < 4.78 is 0. The molecule has 0 saturated heterocycles. The zero-order chi connectivity index (χ0) is 8.84. The molecule has 1 N–H and O–H groups in total. The Bertz CT molecular complexity index is 201. The molecule has 0 aromatic heterocycles. The van der Waals surface area contributed by atoms with Crippen molar-refractivity contribution in [1.82, 2.24) is 0 Å². The van der Waals surface area contributed by atoms with E-state index in [0.717, 1.165) is 24.2 Å². The number of fused-ring (bicyclic) bond motifs is 3. The second-order valence-electron chi connectivity index (χ2n) is 5.42. The van der Waals surface area contributed by atoms with Gasteiger partial charge in [0, 0.05) is 0 Å². The van der Waals surface area contributed by atoms with Gasteiger partial charge >= 0.3 is 0 Å². The smallest absolute Gasteiger partial charge is 0.0573 e.